The molecule has 0 unspecified atom stereocenters. The van der Waals surface area contributed by atoms with Gasteiger partial charge in [0.1, 0.15) is 26.8 Å². The summed E-state index contributed by atoms with van der Waals surface area (Å²) in [6, 6.07) is 4.14. The Kier molecular flexibility index (Phi) is 6.11. The van der Waals surface area contributed by atoms with Gasteiger partial charge in [-0.25, -0.2) is 0 Å². The van der Waals surface area contributed by atoms with Crippen LogP contribution in [0.15, 0.2) is 16.7 Å². The van der Waals surface area contributed by atoms with Crippen LogP contribution in [0.4, 0.5) is 35.1 Å². The largest absolute Gasteiger partial charge is 0.459 e. The van der Waals surface area contributed by atoms with E-state index in [2.05, 4.69) is 10.3 Å². The highest BCUT2D eigenvalue weighted by Gasteiger charge is 2.64. The molecule has 1 fully saturated rings. The van der Waals surface area contributed by atoms with Crippen LogP contribution in [-0.4, -0.2) is 44.5 Å². The average Bonchev–Trinajstić information content (AvgIpc) is 3.08. The first-order valence-corrected chi connectivity index (χ1v) is 11.2. The molecule has 1 amide bonds. The van der Waals surface area contributed by atoms with E-state index in [1.807, 2.05) is 6.07 Å². The molecule has 4 rings (SSSR count). The van der Waals surface area contributed by atoms with Gasteiger partial charge in [-0.3, -0.25) is 9.48 Å². The number of rotatable bonds is 5. The van der Waals surface area contributed by atoms with E-state index >= 15 is 0 Å². The SMILES string of the molecule is CN(C(=O)c1cc(-c2cc(-c3c(C(F)(F)F)c(C(F)(F)C(F)(F)F)nn3C)no2)sc1Cl)C1(C#N)CC1. The molecule has 17 heteroatoms. The van der Waals surface area contributed by atoms with Crippen LogP contribution in [-0.2, 0) is 19.1 Å². The van der Waals surface area contributed by atoms with Gasteiger partial charge in [0.15, 0.2) is 11.5 Å². The van der Waals surface area contributed by atoms with Crippen LogP contribution in [0.3, 0.4) is 0 Å². The second-order valence-corrected chi connectivity index (χ2v) is 9.80. The number of alkyl halides is 8. The third kappa shape index (κ3) is 4.33. The van der Waals surface area contributed by atoms with Crippen molar-refractivity contribution in [1.82, 2.24) is 19.8 Å². The lowest BCUT2D eigenvalue weighted by molar-refractivity contribution is -0.292. The summed E-state index contributed by atoms with van der Waals surface area (Å²) in [5.41, 5.74) is -7.79. The minimum Gasteiger partial charge on any atom is -0.355 e. The molecule has 3 aromatic heterocycles. The Morgan fingerprint density at radius 1 is 1.22 bits per heavy atom. The number of aromatic nitrogens is 3. The molecule has 7 nitrogen and oxygen atoms in total. The number of carbonyl (C=O) groups excluding carboxylic acids is 1. The van der Waals surface area contributed by atoms with Crippen molar-refractivity contribution in [2.45, 2.75) is 36.7 Å². The fourth-order valence-electron chi connectivity index (χ4n) is 3.60. The normalized spacial score (nSPS) is 15.5. The fraction of sp³-hybridized carbons (Fsp3) is 0.400. The maximum Gasteiger partial charge on any atom is 0.459 e. The van der Waals surface area contributed by atoms with E-state index in [0.717, 1.165) is 24.5 Å². The minimum absolute atomic E-state index is 0.0349. The van der Waals surface area contributed by atoms with E-state index in [0.29, 0.717) is 12.8 Å². The molecule has 3 aromatic rings. The van der Waals surface area contributed by atoms with Crippen molar-refractivity contribution < 1.29 is 44.4 Å². The highest BCUT2D eigenvalue weighted by Crippen LogP contribution is 2.50. The van der Waals surface area contributed by atoms with Gasteiger partial charge in [-0.15, -0.1) is 11.3 Å². The van der Waals surface area contributed by atoms with Crippen LogP contribution < -0.4 is 0 Å². The number of thiophene rings is 1. The zero-order valence-corrected chi connectivity index (χ0v) is 20.0. The predicted molar refractivity (Wildman–Crippen MR) is 112 cm³/mol. The van der Waals surface area contributed by atoms with Crippen LogP contribution in [0.2, 0.25) is 4.34 Å². The third-order valence-corrected chi connectivity index (χ3v) is 7.15. The second-order valence-electron chi connectivity index (χ2n) is 8.15. The topological polar surface area (TPSA) is 87.9 Å². The summed E-state index contributed by atoms with van der Waals surface area (Å²) in [5, 5.41) is 15.5. The summed E-state index contributed by atoms with van der Waals surface area (Å²) in [6.45, 7) is 0. The van der Waals surface area contributed by atoms with E-state index in [9.17, 15) is 45.2 Å². The summed E-state index contributed by atoms with van der Waals surface area (Å²) in [7, 11) is 2.15. The molecule has 0 bridgehead atoms. The van der Waals surface area contributed by atoms with E-state index in [1.165, 1.54) is 18.0 Å². The van der Waals surface area contributed by atoms with E-state index in [1.54, 1.807) is 0 Å². The first-order valence-electron chi connectivity index (χ1n) is 10.00. The van der Waals surface area contributed by atoms with Crippen LogP contribution in [0.1, 0.15) is 34.5 Å². The third-order valence-electron chi connectivity index (χ3n) is 5.78. The van der Waals surface area contributed by atoms with Crippen molar-refractivity contribution >= 4 is 28.8 Å². The number of amides is 1. The van der Waals surface area contributed by atoms with Gasteiger partial charge < -0.3 is 9.42 Å². The van der Waals surface area contributed by atoms with Gasteiger partial charge in [0.25, 0.3) is 5.91 Å². The van der Waals surface area contributed by atoms with E-state index < -0.39 is 52.4 Å². The summed E-state index contributed by atoms with van der Waals surface area (Å²) in [5.74, 6) is -6.76. The summed E-state index contributed by atoms with van der Waals surface area (Å²) < 4.78 is 113. The lowest BCUT2D eigenvalue weighted by Gasteiger charge is -2.21. The van der Waals surface area contributed by atoms with Crippen LogP contribution in [0.25, 0.3) is 22.0 Å². The first-order chi connectivity index (χ1) is 16.9. The number of hydrogen-bond donors (Lipinski definition) is 0. The van der Waals surface area contributed by atoms with Gasteiger partial charge in [0.05, 0.1) is 16.5 Å². The lowest BCUT2D eigenvalue weighted by atomic mass is 10.0. The van der Waals surface area contributed by atoms with Gasteiger partial charge in [-0.2, -0.15) is 45.5 Å². The smallest absolute Gasteiger partial charge is 0.355 e. The molecule has 198 valence electrons. The Bertz CT molecular complexity index is 1430. The standard InChI is InChI=1S/C20H12ClF8N5O2S/c1-33(17(7-30)3-4-17)16(35)8-5-11(37-15(8)21)10-6-9(32-36-10)13-12(19(24,25)26)14(31-34(13)2)18(22,23)20(27,28)29/h5-6H,3-4H2,1-2H3. The first kappa shape index (κ1) is 26.9. The van der Waals surface area contributed by atoms with Gasteiger partial charge in [0, 0.05) is 20.2 Å². The Balaban J connectivity index is 1.76. The molecule has 0 atom stereocenters. The zero-order chi connectivity index (χ0) is 27.7. The number of halogens is 9. The molecule has 0 N–H and O–H groups in total. The summed E-state index contributed by atoms with van der Waals surface area (Å²) in [4.78, 5) is 14.1. The molecule has 1 saturated carbocycles. The molecular weight excluding hydrogens is 562 g/mol. The van der Waals surface area contributed by atoms with Crippen molar-refractivity contribution in [1.29, 1.82) is 5.26 Å². The number of hydrogen-bond acceptors (Lipinski definition) is 6. The minimum atomic E-state index is -6.35. The van der Waals surface area contributed by atoms with Gasteiger partial charge in [-0.05, 0) is 18.9 Å². The van der Waals surface area contributed by atoms with Gasteiger partial charge in [-0.1, -0.05) is 16.8 Å². The fourth-order valence-corrected chi connectivity index (χ4v) is 4.80. The number of nitriles is 1. The molecule has 1 aliphatic rings. The van der Waals surface area contributed by atoms with Gasteiger partial charge >= 0.3 is 18.3 Å². The molecule has 0 radical (unpaired) electrons. The average molecular weight is 574 g/mol. The number of carbonyl (C=O) groups is 1. The highest BCUT2D eigenvalue weighted by atomic mass is 35.5. The zero-order valence-electron chi connectivity index (χ0n) is 18.4. The Morgan fingerprint density at radius 3 is 2.35 bits per heavy atom. The van der Waals surface area contributed by atoms with Crippen LogP contribution in [0.5, 0.6) is 0 Å². The lowest BCUT2D eigenvalue weighted by Crippen LogP contribution is -2.37. The number of nitrogens with zero attached hydrogens (tertiary/aromatic N) is 5. The maximum absolute atomic E-state index is 13.9. The molecule has 37 heavy (non-hydrogen) atoms. The molecule has 0 aromatic carbocycles. The maximum atomic E-state index is 13.9. The second kappa shape index (κ2) is 8.42. The molecular formula is C20H12ClF8N5O2S. The Labute approximate surface area is 210 Å². The number of aryl methyl sites for hydroxylation is 1. The molecule has 3 heterocycles. The summed E-state index contributed by atoms with van der Waals surface area (Å²) >= 11 is 6.93. The molecule has 0 saturated heterocycles. The molecule has 1 aliphatic carbocycles. The van der Waals surface area contributed by atoms with Crippen molar-refractivity contribution in [3.05, 3.63) is 33.3 Å². The van der Waals surface area contributed by atoms with Crippen molar-refractivity contribution in [3.8, 4) is 28.1 Å². The Hall–Kier alpha value is -3.19. The van der Waals surface area contributed by atoms with Crippen LogP contribution in [0, 0.1) is 11.3 Å². The van der Waals surface area contributed by atoms with Gasteiger partial charge in [0.2, 0.25) is 0 Å². The monoisotopic (exact) mass is 573 g/mol. The van der Waals surface area contributed by atoms with E-state index in [-0.39, 0.29) is 25.2 Å². The van der Waals surface area contributed by atoms with Crippen molar-refractivity contribution in [3.63, 3.8) is 0 Å². The highest BCUT2D eigenvalue weighted by molar-refractivity contribution is 7.19. The summed E-state index contributed by atoms with van der Waals surface area (Å²) in [6.07, 6.45) is -11.1. The van der Waals surface area contributed by atoms with Crippen LogP contribution >= 0.6 is 22.9 Å². The quantitative estimate of drug-likeness (QED) is 0.336. The van der Waals surface area contributed by atoms with Crippen molar-refractivity contribution in [2.24, 2.45) is 7.05 Å². The van der Waals surface area contributed by atoms with E-state index in [4.69, 9.17) is 16.1 Å². The van der Waals surface area contributed by atoms with Crippen molar-refractivity contribution in [2.75, 3.05) is 7.05 Å². The Morgan fingerprint density at radius 2 is 1.84 bits per heavy atom. The molecule has 0 spiro atoms. The predicted octanol–water partition coefficient (Wildman–Crippen LogP) is 6.26. The molecule has 0 aliphatic heterocycles.